The lowest BCUT2D eigenvalue weighted by atomic mass is 10.2. The van der Waals surface area contributed by atoms with Gasteiger partial charge in [-0.25, -0.2) is 9.97 Å². The Bertz CT molecular complexity index is 1030. The summed E-state index contributed by atoms with van der Waals surface area (Å²) in [5.74, 6) is 1.15. The Morgan fingerprint density at radius 3 is 2.24 bits per heavy atom. The fourth-order valence-corrected chi connectivity index (χ4v) is 2.63. The Balaban J connectivity index is 1.74. The highest BCUT2D eigenvalue weighted by molar-refractivity contribution is 6.03. The smallest absolute Gasteiger partial charge is 0.274 e. The molecule has 0 saturated carbocycles. The molecule has 0 aliphatic rings. The number of nitrogens with zero attached hydrogens (tertiary/aromatic N) is 2. The molecule has 0 fully saturated rings. The number of carbonyl (C=O) groups excluding carboxylic acids is 2. The molecule has 3 rings (SSSR count). The zero-order valence-electron chi connectivity index (χ0n) is 16.3. The summed E-state index contributed by atoms with van der Waals surface area (Å²) in [5, 5.41) is 8.61. The predicted molar refractivity (Wildman–Crippen MR) is 112 cm³/mol. The van der Waals surface area contributed by atoms with Gasteiger partial charge in [-0.1, -0.05) is 6.07 Å². The van der Waals surface area contributed by atoms with E-state index in [1.807, 2.05) is 24.3 Å². The van der Waals surface area contributed by atoms with Crippen molar-refractivity contribution >= 4 is 34.7 Å². The number of anilines is 4. The predicted octanol–water partition coefficient (Wildman–Crippen LogP) is 3.75. The number of aryl methyl sites for hydroxylation is 1. The molecule has 0 aliphatic carbocycles. The molecule has 1 heterocycles. The molecule has 3 aromatic rings. The molecule has 0 unspecified atom stereocenters. The van der Waals surface area contributed by atoms with E-state index in [1.165, 1.54) is 6.92 Å². The normalized spacial score (nSPS) is 10.2. The summed E-state index contributed by atoms with van der Waals surface area (Å²) < 4.78 is 5.21. The lowest BCUT2D eigenvalue weighted by Gasteiger charge is -2.10. The molecule has 0 atom stereocenters. The first-order chi connectivity index (χ1) is 13.9. The van der Waals surface area contributed by atoms with Gasteiger partial charge in [0.1, 0.15) is 23.1 Å². The van der Waals surface area contributed by atoms with E-state index in [0.717, 1.165) is 5.69 Å². The number of carbonyl (C=O) groups is 2. The second kappa shape index (κ2) is 8.83. The molecular formula is C21H21N5O3. The number of methoxy groups -OCH3 is 1. The van der Waals surface area contributed by atoms with Crippen molar-refractivity contribution in [2.24, 2.45) is 0 Å². The molecular weight excluding hydrogens is 370 g/mol. The van der Waals surface area contributed by atoms with Crippen molar-refractivity contribution in [2.75, 3.05) is 23.1 Å². The van der Waals surface area contributed by atoms with E-state index in [0.29, 0.717) is 28.8 Å². The summed E-state index contributed by atoms with van der Waals surface area (Å²) >= 11 is 0. The second-order valence-electron chi connectivity index (χ2n) is 6.26. The number of benzene rings is 2. The van der Waals surface area contributed by atoms with Crippen LogP contribution >= 0.6 is 0 Å². The van der Waals surface area contributed by atoms with Gasteiger partial charge in [0, 0.05) is 36.1 Å². The number of nitrogens with one attached hydrogen (secondary N) is 3. The fraction of sp³-hybridized carbons (Fsp3) is 0.143. The monoisotopic (exact) mass is 391 g/mol. The summed E-state index contributed by atoms with van der Waals surface area (Å²) in [5.41, 5.74) is 2.25. The van der Waals surface area contributed by atoms with E-state index in [4.69, 9.17) is 4.74 Å². The molecule has 0 aliphatic heterocycles. The van der Waals surface area contributed by atoms with Crippen LogP contribution in [0.1, 0.15) is 23.2 Å². The number of hydrogen-bond acceptors (Lipinski definition) is 6. The van der Waals surface area contributed by atoms with Gasteiger partial charge in [0.05, 0.1) is 7.11 Å². The second-order valence-corrected chi connectivity index (χ2v) is 6.26. The van der Waals surface area contributed by atoms with Crippen LogP contribution in [0.5, 0.6) is 5.75 Å². The third-order valence-corrected chi connectivity index (χ3v) is 3.88. The highest BCUT2D eigenvalue weighted by atomic mass is 16.5. The first-order valence-corrected chi connectivity index (χ1v) is 8.89. The maximum absolute atomic E-state index is 12.6. The number of amides is 2. The van der Waals surface area contributed by atoms with Crippen molar-refractivity contribution < 1.29 is 14.3 Å². The number of rotatable bonds is 6. The Hall–Kier alpha value is -3.94. The van der Waals surface area contributed by atoms with Crippen molar-refractivity contribution in [3.8, 4) is 5.75 Å². The molecule has 0 radical (unpaired) electrons. The fourth-order valence-electron chi connectivity index (χ4n) is 2.63. The molecule has 0 bridgehead atoms. The topological polar surface area (TPSA) is 105 Å². The highest BCUT2D eigenvalue weighted by Gasteiger charge is 2.11. The van der Waals surface area contributed by atoms with Gasteiger partial charge in [0.25, 0.3) is 5.91 Å². The lowest BCUT2D eigenvalue weighted by molar-refractivity contribution is -0.114. The van der Waals surface area contributed by atoms with Gasteiger partial charge in [-0.3, -0.25) is 9.59 Å². The first-order valence-electron chi connectivity index (χ1n) is 8.89. The van der Waals surface area contributed by atoms with E-state index >= 15 is 0 Å². The van der Waals surface area contributed by atoms with Crippen LogP contribution in [0.2, 0.25) is 0 Å². The largest absolute Gasteiger partial charge is 0.497 e. The third-order valence-electron chi connectivity index (χ3n) is 3.88. The van der Waals surface area contributed by atoms with E-state index < -0.39 is 0 Å². The average molecular weight is 391 g/mol. The summed E-state index contributed by atoms with van der Waals surface area (Å²) in [7, 11) is 1.60. The van der Waals surface area contributed by atoms with Crippen LogP contribution in [0, 0.1) is 6.92 Å². The Morgan fingerprint density at radius 2 is 1.59 bits per heavy atom. The molecule has 148 valence electrons. The zero-order chi connectivity index (χ0) is 20.8. The lowest BCUT2D eigenvalue weighted by Crippen LogP contribution is -2.15. The summed E-state index contributed by atoms with van der Waals surface area (Å²) in [4.78, 5) is 32.2. The highest BCUT2D eigenvalue weighted by Crippen LogP contribution is 2.21. The Labute approximate surface area is 168 Å². The molecule has 2 aromatic carbocycles. The van der Waals surface area contributed by atoms with Crippen LogP contribution in [-0.4, -0.2) is 28.9 Å². The SMILES string of the molecule is COc1cccc(Nc2cc(C(=O)Nc3ccc(NC(C)=O)cc3)nc(C)n2)c1. The van der Waals surface area contributed by atoms with Crippen molar-refractivity contribution in [2.45, 2.75) is 13.8 Å². The van der Waals surface area contributed by atoms with E-state index in [1.54, 1.807) is 44.4 Å². The first kappa shape index (κ1) is 19.8. The minimum absolute atomic E-state index is 0.158. The standard InChI is InChI=1S/C21H21N5O3/c1-13-22-19(12-20(23-13)25-17-5-4-6-18(11-17)29-3)21(28)26-16-9-7-15(8-10-16)24-14(2)27/h4-12H,1-3H3,(H,24,27)(H,26,28)(H,22,23,25). The maximum Gasteiger partial charge on any atom is 0.274 e. The Kier molecular flexibility index (Phi) is 6.03. The Morgan fingerprint density at radius 1 is 0.897 bits per heavy atom. The molecule has 2 amide bonds. The van der Waals surface area contributed by atoms with Gasteiger partial charge in [0.2, 0.25) is 5.91 Å². The van der Waals surface area contributed by atoms with E-state index in [9.17, 15) is 9.59 Å². The number of aromatic nitrogens is 2. The summed E-state index contributed by atoms with van der Waals surface area (Å²) in [6.45, 7) is 3.15. The van der Waals surface area contributed by atoms with Crippen molar-refractivity contribution in [3.63, 3.8) is 0 Å². The van der Waals surface area contributed by atoms with Crippen LogP contribution in [0.25, 0.3) is 0 Å². The quantitative estimate of drug-likeness (QED) is 0.591. The van der Waals surface area contributed by atoms with Gasteiger partial charge in [-0.2, -0.15) is 0 Å². The van der Waals surface area contributed by atoms with Crippen LogP contribution in [0.15, 0.2) is 54.6 Å². The van der Waals surface area contributed by atoms with Gasteiger partial charge in [-0.05, 0) is 43.3 Å². The van der Waals surface area contributed by atoms with Gasteiger partial charge < -0.3 is 20.7 Å². The summed E-state index contributed by atoms with van der Waals surface area (Å²) in [6, 6.07) is 15.8. The minimum Gasteiger partial charge on any atom is -0.497 e. The van der Waals surface area contributed by atoms with Crippen molar-refractivity contribution in [1.29, 1.82) is 0 Å². The van der Waals surface area contributed by atoms with Crippen molar-refractivity contribution in [1.82, 2.24) is 9.97 Å². The molecule has 29 heavy (non-hydrogen) atoms. The van der Waals surface area contributed by atoms with Crippen LogP contribution in [-0.2, 0) is 4.79 Å². The van der Waals surface area contributed by atoms with Crippen LogP contribution in [0.3, 0.4) is 0 Å². The molecule has 3 N–H and O–H groups in total. The zero-order valence-corrected chi connectivity index (χ0v) is 16.3. The van der Waals surface area contributed by atoms with Gasteiger partial charge >= 0.3 is 0 Å². The van der Waals surface area contributed by atoms with Gasteiger partial charge in [-0.15, -0.1) is 0 Å². The number of ether oxygens (including phenoxy) is 1. The van der Waals surface area contributed by atoms with E-state index in [2.05, 4.69) is 25.9 Å². The van der Waals surface area contributed by atoms with Crippen LogP contribution < -0.4 is 20.7 Å². The average Bonchev–Trinajstić information content (AvgIpc) is 2.68. The maximum atomic E-state index is 12.6. The van der Waals surface area contributed by atoms with Crippen LogP contribution in [0.4, 0.5) is 22.9 Å². The molecule has 0 saturated heterocycles. The molecule has 0 spiro atoms. The molecule has 1 aromatic heterocycles. The minimum atomic E-state index is -0.364. The summed E-state index contributed by atoms with van der Waals surface area (Å²) in [6.07, 6.45) is 0. The number of hydrogen-bond donors (Lipinski definition) is 3. The molecule has 8 heteroatoms. The van der Waals surface area contributed by atoms with Crippen molar-refractivity contribution in [3.05, 3.63) is 66.1 Å². The van der Waals surface area contributed by atoms with E-state index in [-0.39, 0.29) is 17.5 Å². The third kappa shape index (κ3) is 5.52. The molecule has 8 nitrogen and oxygen atoms in total. The van der Waals surface area contributed by atoms with Gasteiger partial charge in [0.15, 0.2) is 0 Å².